The highest BCUT2D eigenvalue weighted by atomic mass is 16.3. The summed E-state index contributed by atoms with van der Waals surface area (Å²) in [4.78, 5) is 15.2. The second-order valence-electron chi connectivity index (χ2n) is 4.67. The van der Waals surface area contributed by atoms with Crippen molar-refractivity contribution in [3.63, 3.8) is 0 Å². The summed E-state index contributed by atoms with van der Waals surface area (Å²) in [6.07, 6.45) is 2.29. The zero-order chi connectivity index (χ0) is 11.5. The Balaban J connectivity index is 2.51. The van der Waals surface area contributed by atoms with E-state index in [-0.39, 0.29) is 5.91 Å². The van der Waals surface area contributed by atoms with Crippen molar-refractivity contribution in [3.8, 4) is 0 Å². The minimum atomic E-state index is -0.716. The monoisotopic (exact) mass is 214 g/mol. The zero-order valence-corrected chi connectivity index (χ0v) is 9.99. The number of aliphatic hydroxyl groups is 1. The fraction of sp³-hybridized carbons (Fsp3) is 0.909. The van der Waals surface area contributed by atoms with Crippen molar-refractivity contribution < 1.29 is 9.90 Å². The predicted octanol–water partition coefficient (Wildman–Crippen LogP) is 0.311. The lowest BCUT2D eigenvalue weighted by Crippen LogP contribution is -2.53. The molecule has 1 unspecified atom stereocenters. The standard InChI is InChI=1S/C11H22N2O2/c1-4-10(14)13(3)9-11(15)6-5-7-12(2)8-11/h15H,4-9H2,1-3H3. The van der Waals surface area contributed by atoms with Crippen molar-refractivity contribution in [3.05, 3.63) is 0 Å². The van der Waals surface area contributed by atoms with Crippen molar-refractivity contribution in [2.24, 2.45) is 0 Å². The average Bonchev–Trinajstić information content (AvgIpc) is 2.15. The number of likely N-dealkylation sites (N-methyl/N-ethyl adjacent to an activating group) is 2. The smallest absolute Gasteiger partial charge is 0.222 e. The minimum absolute atomic E-state index is 0.0941. The number of carbonyl (C=O) groups excluding carboxylic acids is 1. The summed E-state index contributed by atoms with van der Waals surface area (Å²) in [6, 6.07) is 0. The summed E-state index contributed by atoms with van der Waals surface area (Å²) >= 11 is 0. The fourth-order valence-electron chi connectivity index (χ4n) is 2.27. The minimum Gasteiger partial charge on any atom is -0.387 e. The van der Waals surface area contributed by atoms with Crippen molar-refractivity contribution in [1.29, 1.82) is 0 Å². The Morgan fingerprint density at radius 2 is 2.27 bits per heavy atom. The Hall–Kier alpha value is -0.610. The first-order valence-corrected chi connectivity index (χ1v) is 5.62. The number of rotatable bonds is 3. The second-order valence-corrected chi connectivity index (χ2v) is 4.67. The van der Waals surface area contributed by atoms with Gasteiger partial charge in [-0.2, -0.15) is 0 Å². The molecule has 1 saturated heterocycles. The van der Waals surface area contributed by atoms with Crippen LogP contribution >= 0.6 is 0 Å². The maximum Gasteiger partial charge on any atom is 0.222 e. The molecule has 0 aromatic carbocycles. The van der Waals surface area contributed by atoms with E-state index in [4.69, 9.17) is 0 Å². The fourth-order valence-corrected chi connectivity index (χ4v) is 2.27. The van der Waals surface area contributed by atoms with Gasteiger partial charge in [-0.05, 0) is 26.4 Å². The lowest BCUT2D eigenvalue weighted by Gasteiger charge is -2.39. The molecular weight excluding hydrogens is 192 g/mol. The van der Waals surface area contributed by atoms with Gasteiger partial charge in [0.15, 0.2) is 0 Å². The first kappa shape index (κ1) is 12.5. The molecule has 1 atom stereocenters. The molecule has 1 aliphatic rings. The number of hydrogen-bond acceptors (Lipinski definition) is 3. The third-order valence-electron chi connectivity index (χ3n) is 3.01. The van der Waals surface area contributed by atoms with E-state index >= 15 is 0 Å². The van der Waals surface area contributed by atoms with Crippen LogP contribution in [0.3, 0.4) is 0 Å². The highest BCUT2D eigenvalue weighted by Gasteiger charge is 2.33. The number of piperidine rings is 1. The van der Waals surface area contributed by atoms with Gasteiger partial charge in [-0.25, -0.2) is 0 Å². The molecule has 4 heteroatoms. The molecule has 0 bridgehead atoms. The summed E-state index contributed by atoms with van der Waals surface area (Å²) < 4.78 is 0. The van der Waals surface area contributed by atoms with Crippen molar-refractivity contribution in [1.82, 2.24) is 9.80 Å². The van der Waals surface area contributed by atoms with Gasteiger partial charge < -0.3 is 14.9 Å². The maximum atomic E-state index is 11.4. The Labute approximate surface area is 91.9 Å². The molecule has 0 aromatic rings. The van der Waals surface area contributed by atoms with E-state index in [2.05, 4.69) is 4.90 Å². The lowest BCUT2D eigenvalue weighted by atomic mass is 9.92. The third kappa shape index (κ3) is 3.47. The molecule has 1 rings (SSSR count). The predicted molar refractivity (Wildman–Crippen MR) is 59.6 cm³/mol. The quantitative estimate of drug-likeness (QED) is 0.735. The number of likely N-dealkylation sites (tertiary alicyclic amines) is 1. The third-order valence-corrected chi connectivity index (χ3v) is 3.01. The molecule has 1 heterocycles. The molecule has 4 nitrogen and oxygen atoms in total. The molecular formula is C11H22N2O2. The van der Waals surface area contributed by atoms with E-state index < -0.39 is 5.60 Å². The Morgan fingerprint density at radius 1 is 1.60 bits per heavy atom. The van der Waals surface area contributed by atoms with Crippen molar-refractivity contribution in [2.75, 3.05) is 33.7 Å². The first-order valence-electron chi connectivity index (χ1n) is 5.62. The molecule has 1 aliphatic heterocycles. The van der Waals surface area contributed by atoms with E-state index in [1.807, 2.05) is 14.0 Å². The van der Waals surface area contributed by atoms with E-state index in [9.17, 15) is 9.90 Å². The molecule has 0 spiro atoms. The van der Waals surface area contributed by atoms with E-state index in [1.54, 1.807) is 11.9 Å². The van der Waals surface area contributed by atoms with Crippen LogP contribution in [0.15, 0.2) is 0 Å². The molecule has 0 radical (unpaired) electrons. The number of carbonyl (C=O) groups is 1. The first-order chi connectivity index (χ1) is 6.97. The van der Waals surface area contributed by atoms with Gasteiger partial charge in [0.1, 0.15) is 0 Å². The number of nitrogens with zero attached hydrogens (tertiary/aromatic N) is 2. The Kier molecular flexibility index (Phi) is 4.11. The van der Waals surface area contributed by atoms with Crippen LogP contribution in [-0.2, 0) is 4.79 Å². The summed E-state index contributed by atoms with van der Waals surface area (Å²) in [6.45, 7) is 3.99. The average molecular weight is 214 g/mol. The molecule has 0 saturated carbocycles. The van der Waals surface area contributed by atoms with Gasteiger partial charge in [0.05, 0.1) is 12.1 Å². The highest BCUT2D eigenvalue weighted by Crippen LogP contribution is 2.21. The summed E-state index contributed by atoms with van der Waals surface area (Å²) in [7, 11) is 3.77. The van der Waals surface area contributed by atoms with E-state index in [1.165, 1.54) is 0 Å². The topological polar surface area (TPSA) is 43.8 Å². The van der Waals surface area contributed by atoms with Gasteiger partial charge >= 0.3 is 0 Å². The van der Waals surface area contributed by atoms with Crippen LogP contribution in [0, 0.1) is 0 Å². The van der Waals surface area contributed by atoms with Crippen LogP contribution in [0.1, 0.15) is 26.2 Å². The lowest BCUT2D eigenvalue weighted by molar-refractivity contribution is -0.134. The van der Waals surface area contributed by atoms with Gasteiger partial charge in [0, 0.05) is 20.0 Å². The van der Waals surface area contributed by atoms with Crippen molar-refractivity contribution >= 4 is 5.91 Å². The van der Waals surface area contributed by atoms with Crippen LogP contribution in [-0.4, -0.2) is 60.1 Å². The highest BCUT2D eigenvalue weighted by molar-refractivity contribution is 5.75. The summed E-state index contributed by atoms with van der Waals surface area (Å²) in [5.41, 5.74) is -0.716. The molecule has 1 fully saturated rings. The Bertz CT molecular complexity index is 233. The van der Waals surface area contributed by atoms with E-state index in [0.29, 0.717) is 19.5 Å². The molecule has 88 valence electrons. The van der Waals surface area contributed by atoms with Crippen molar-refractivity contribution in [2.45, 2.75) is 31.8 Å². The normalized spacial score (nSPS) is 27.7. The Morgan fingerprint density at radius 3 is 2.80 bits per heavy atom. The SMILES string of the molecule is CCC(=O)N(C)CC1(O)CCCN(C)C1. The van der Waals surface area contributed by atoms with E-state index in [0.717, 1.165) is 19.4 Å². The van der Waals surface area contributed by atoms with Crippen LogP contribution in [0.2, 0.25) is 0 Å². The van der Waals surface area contributed by atoms with Gasteiger partial charge in [0.2, 0.25) is 5.91 Å². The van der Waals surface area contributed by atoms with Gasteiger partial charge in [-0.15, -0.1) is 0 Å². The number of β-amino-alcohol motifs (C(OH)–C–C–N with tert-alkyl or cyclic N) is 1. The van der Waals surface area contributed by atoms with Crippen LogP contribution in [0.5, 0.6) is 0 Å². The molecule has 0 aliphatic carbocycles. The summed E-state index contributed by atoms with van der Waals surface area (Å²) in [5.74, 6) is 0.0941. The molecule has 1 amide bonds. The molecule has 15 heavy (non-hydrogen) atoms. The van der Waals surface area contributed by atoms with Gasteiger partial charge in [-0.3, -0.25) is 4.79 Å². The second kappa shape index (κ2) is 4.94. The van der Waals surface area contributed by atoms with Crippen LogP contribution < -0.4 is 0 Å². The largest absolute Gasteiger partial charge is 0.387 e. The molecule has 0 aromatic heterocycles. The zero-order valence-electron chi connectivity index (χ0n) is 9.99. The van der Waals surface area contributed by atoms with Gasteiger partial charge in [0.25, 0.3) is 0 Å². The summed E-state index contributed by atoms with van der Waals surface area (Å²) in [5, 5.41) is 10.3. The van der Waals surface area contributed by atoms with Gasteiger partial charge in [-0.1, -0.05) is 6.92 Å². The van der Waals surface area contributed by atoms with Crippen LogP contribution in [0.25, 0.3) is 0 Å². The number of hydrogen-bond donors (Lipinski definition) is 1. The van der Waals surface area contributed by atoms with Crippen LogP contribution in [0.4, 0.5) is 0 Å². The number of amides is 1. The molecule has 1 N–H and O–H groups in total. The maximum absolute atomic E-state index is 11.4.